The summed E-state index contributed by atoms with van der Waals surface area (Å²) in [7, 11) is 1.63. The second kappa shape index (κ2) is 9.67. The van der Waals surface area contributed by atoms with E-state index in [1.807, 2.05) is 66.7 Å². The van der Waals surface area contributed by atoms with Gasteiger partial charge in [0.1, 0.15) is 6.61 Å². The van der Waals surface area contributed by atoms with Gasteiger partial charge in [-0.05, 0) is 68.3 Å². The van der Waals surface area contributed by atoms with Crippen LogP contribution in [0.5, 0.6) is 11.5 Å². The standard InChI is InChI=1S/C27H20INO2/c1-30-26-16-19(14-23(17-29)20-8-3-2-4-9-20)15-25(28)27(26)31-18-22-12-7-11-21-10-5-6-13-24(21)22/h2-16H,18H2,1H3/b23-14-. The van der Waals surface area contributed by atoms with E-state index in [2.05, 4.69) is 52.9 Å². The van der Waals surface area contributed by atoms with Gasteiger partial charge in [0.2, 0.25) is 0 Å². The molecule has 4 aromatic carbocycles. The Morgan fingerprint density at radius 3 is 2.48 bits per heavy atom. The van der Waals surface area contributed by atoms with Crippen LogP contribution in [0, 0.1) is 14.9 Å². The molecule has 31 heavy (non-hydrogen) atoms. The third-order valence-electron chi connectivity index (χ3n) is 5.02. The first-order chi connectivity index (χ1) is 15.2. The number of rotatable bonds is 6. The highest BCUT2D eigenvalue weighted by atomic mass is 127. The molecule has 0 fully saturated rings. The summed E-state index contributed by atoms with van der Waals surface area (Å²) in [6.07, 6.45) is 1.87. The summed E-state index contributed by atoms with van der Waals surface area (Å²) in [6, 6.07) is 30.4. The Morgan fingerprint density at radius 1 is 0.968 bits per heavy atom. The molecule has 0 N–H and O–H groups in total. The highest BCUT2D eigenvalue weighted by Crippen LogP contribution is 2.36. The van der Waals surface area contributed by atoms with E-state index in [-0.39, 0.29) is 0 Å². The smallest absolute Gasteiger partial charge is 0.174 e. The molecule has 0 spiro atoms. The van der Waals surface area contributed by atoms with E-state index in [1.54, 1.807) is 7.11 Å². The lowest BCUT2D eigenvalue weighted by molar-refractivity contribution is 0.283. The van der Waals surface area contributed by atoms with Crippen molar-refractivity contribution in [1.29, 1.82) is 5.26 Å². The molecule has 0 aliphatic carbocycles. The number of hydrogen-bond donors (Lipinski definition) is 0. The zero-order chi connectivity index (χ0) is 21.6. The van der Waals surface area contributed by atoms with Crippen LogP contribution < -0.4 is 9.47 Å². The molecule has 0 heterocycles. The van der Waals surface area contributed by atoms with Crippen molar-refractivity contribution in [1.82, 2.24) is 0 Å². The van der Waals surface area contributed by atoms with E-state index in [4.69, 9.17) is 9.47 Å². The number of hydrogen-bond acceptors (Lipinski definition) is 3. The van der Waals surface area contributed by atoms with Crippen molar-refractivity contribution in [3.8, 4) is 17.6 Å². The van der Waals surface area contributed by atoms with Gasteiger partial charge in [0.25, 0.3) is 0 Å². The number of methoxy groups -OCH3 is 1. The summed E-state index contributed by atoms with van der Waals surface area (Å²) in [5.74, 6) is 1.34. The van der Waals surface area contributed by atoms with Crippen molar-refractivity contribution in [2.45, 2.75) is 6.61 Å². The van der Waals surface area contributed by atoms with Crippen molar-refractivity contribution in [3.05, 3.63) is 105 Å². The Labute approximate surface area is 195 Å². The summed E-state index contributed by atoms with van der Waals surface area (Å²) in [5, 5.41) is 12.0. The number of fused-ring (bicyclic) bond motifs is 1. The summed E-state index contributed by atoms with van der Waals surface area (Å²) in [4.78, 5) is 0. The van der Waals surface area contributed by atoms with Gasteiger partial charge in [0, 0.05) is 0 Å². The molecule has 0 saturated carbocycles. The third-order valence-corrected chi connectivity index (χ3v) is 5.82. The van der Waals surface area contributed by atoms with E-state index in [9.17, 15) is 5.26 Å². The summed E-state index contributed by atoms with van der Waals surface area (Å²) < 4.78 is 12.8. The van der Waals surface area contributed by atoms with Gasteiger partial charge in [-0.2, -0.15) is 5.26 Å². The van der Waals surface area contributed by atoms with E-state index in [1.165, 1.54) is 10.8 Å². The maximum absolute atomic E-state index is 9.61. The molecule has 4 heteroatoms. The molecule has 4 aromatic rings. The summed E-state index contributed by atoms with van der Waals surface area (Å²) >= 11 is 2.25. The van der Waals surface area contributed by atoms with E-state index in [0.29, 0.717) is 23.7 Å². The Balaban J connectivity index is 1.64. The van der Waals surface area contributed by atoms with Gasteiger partial charge in [0.05, 0.1) is 22.3 Å². The molecular formula is C27H20INO2. The highest BCUT2D eigenvalue weighted by Gasteiger charge is 2.13. The number of nitriles is 1. The predicted octanol–water partition coefficient (Wildman–Crippen LogP) is 7.10. The number of ether oxygens (including phenoxy) is 2. The normalized spacial score (nSPS) is 11.2. The van der Waals surface area contributed by atoms with Crippen molar-refractivity contribution < 1.29 is 9.47 Å². The maximum Gasteiger partial charge on any atom is 0.174 e. The molecule has 0 atom stereocenters. The average Bonchev–Trinajstić information content (AvgIpc) is 2.82. The van der Waals surface area contributed by atoms with E-state index in [0.717, 1.165) is 20.3 Å². The van der Waals surface area contributed by atoms with Crippen LogP contribution in [-0.2, 0) is 6.61 Å². The van der Waals surface area contributed by atoms with Crippen LogP contribution >= 0.6 is 22.6 Å². The lowest BCUT2D eigenvalue weighted by Crippen LogP contribution is -2.01. The topological polar surface area (TPSA) is 42.2 Å². The van der Waals surface area contributed by atoms with Crippen LogP contribution in [0.25, 0.3) is 22.4 Å². The summed E-state index contributed by atoms with van der Waals surface area (Å²) in [6.45, 7) is 0.441. The Hall–Kier alpha value is -3.30. The van der Waals surface area contributed by atoms with Crippen LogP contribution in [0.4, 0.5) is 0 Å². The Kier molecular flexibility index (Phi) is 6.54. The molecule has 3 nitrogen and oxygen atoms in total. The van der Waals surface area contributed by atoms with Crippen LogP contribution in [0.15, 0.2) is 84.9 Å². The SMILES string of the molecule is COc1cc(/C=C(/C#N)c2ccccc2)cc(I)c1OCc1cccc2ccccc12. The molecule has 0 bridgehead atoms. The first-order valence-corrected chi connectivity index (χ1v) is 10.9. The number of benzene rings is 4. The van der Waals surface area contributed by atoms with Crippen LogP contribution in [0.3, 0.4) is 0 Å². The largest absolute Gasteiger partial charge is 0.493 e. The van der Waals surface area contributed by atoms with Gasteiger partial charge in [-0.25, -0.2) is 0 Å². The highest BCUT2D eigenvalue weighted by molar-refractivity contribution is 14.1. The van der Waals surface area contributed by atoms with Gasteiger partial charge in [-0.15, -0.1) is 0 Å². The summed E-state index contributed by atoms with van der Waals surface area (Å²) in [5.41, 5.74) is 3.49. The van der Waals surface area contributed by atoms with Crippen molar-refractivity contribution in [2.75, 3.05) is 7.11 Å². The van der Waals surface area contributed by atoms with Crippen LogP contribution in [-0.4, -0.2) is 7.11 Å². The maximum atomic E-state index is 9.61. The number of allylic oxidation sites excluding steroid dienone is 1. The van der Waals surface area contributed by atoms with Crippen molar-refractivity contribution in [2.24, 2.45) is 0 Å². The lowest BCUT2D eigenvalue weighted by Gasteiger charge is -2.15. The minimum absolute atomic E-state index is 0.441. The number of nitrogens with zero attached hydrogens (tertiary/aromatic N) is 1. The molecule has 0 unspecified atom stereocenters. The molecule has 0 aliphatic rings. The molecule has 152 valence electrons. The Bertz CT molecular complexity index is 1280. The molecular weight excluding hydrogens is 497 g/mol. The molecule has 0 radical (unpaired) electrons. The van der Waals surface area contributed by atoms with Gasteiger partial charge >= 0.3 is 0 Å². The second-order valence-corrected chi connectivity index (χ2v) is 8.16. The van der Waals surface area contributed by atoms with Crippen LogP contribution in [0.2, 0.25) is 0 Å². The van der Waals surface area contributed by atoms with Gasteiger partial charge in [-0.3, -0.25) is 0 Å². The molecule has 0 amide bonds. The molecule has 0 aliphatic heterocycles. The molecule has 0 aromatic heterocycles. The van der Waals surface area contributed by atoms with Gasteiger partial charge in [0.15, 0.2) is 11.5 Å². The monoisotopic (exact) mass is 517 g/mol. The van der Waals surface area contributed by atoms with Gasteiger partial charge < -0.3 is 9.47 Å². The fraction of sp³-hybridized carbons (Fsp3) is 0.0741. The predicted molar refractivity (Wildman–Crippen MR) is 134 cm³/mol. The number of halogens is 1. The minimum atomic E-state index is 0.441. The third kappa shape index (κ3) is 4.73. The second-order valence-electron chi connectivity index (χ2n) is 7.00. The first-order valence-electron chi connectivity index (χ1n) is 9.84. The quantitative estimate of drug-likeness (QED) is 0.156. The van der Waals surface area contributed by atoms with Crippen molar-refractivity contribution >= 4 is 45.0 Å². The van der Waals surface area contributed by atoms with Crippen molar-refractivity contribution in [3.63, 3.8) is 0 Å². The zero-order valence-corrected chi connectivity index (χ0v) is 19.2. The average molecular weight is 517 g/mol. The van der Waals surface area contributed by atoms with Gasteiger partial charge in [-0.1, -0.05) is 72.8 Å². The van der Waals surface area contributed by atoms with E-state index < -0.39 is 0 Å². The molecule has 0 saturated heterocycles. The lowest BCUT2D eigenvalue weighted by atomic mass is 10.0. The van der Waals surface area contributed by atoms with E-state index >= 15 is 0 Å². The molecule has 4 rings (SSSR count). The zero-order valence-electron chi connectivity index (χ0n) is 17.0. The minimum Gasteiger partial charge on any atom is -0.493 e. The fourth-order valence-electron chi connectivity index (χ4n) is 3.50. The fourth-order valence-corrected chi connectivity index (χ4v) is 4.28. The Morgan fingerprint density at radius 2 is 1.71 bits per heavy atom. The van der Waals surface area contributed by atoms with Crippen LogP contribution in [0.1, 0.15) is 16.7 Å². The first kappa shape index (κ1) is 21.0.